The Morgan fingerprint density at radius 2 is 2.18 bits per heavy atom. The Bertz CT molecular complexity index is 606. The molecule has 0 bridgehead atoms. The van der Waals surface area contributed by atoms with Crippen molar-refractivity contribution in [3.8, 4) is 5.75 Å². The first kappa shape index (κ1) is 12.0. The van der Waals surface area contributed by atoms with Crippen molar-refractivity contribution in [3.63, 3.8) is 0 Å². The van der Waals surface area contributed by atoms with E-state index in [1.165, 1.54) is 4.57 Å². The molecule has 1 aromatic carbocycles. The van der Waals surface area contributed by atoms with Gasteiger partial charge in [-0.25, -0.2) is 0 Å². The predicted octanol–water partition coefficient (Wildman–Crippen LogP) is 1.66. The number of halogens is 1. The van der Waals surface area contributed by atoms with Crippen molar-refractivity contribution >= 4 is 22.4 Å². The highest BCUT2D eigenvalue weighted by atomic mass is 35.5. The Morgan fingerprint density at radius 3 is 2.82 bits per heavy atom. The average Bonchev–Trinajstić information content (AvgIpc) is 2.33. The molecular weight excluding hydrogens is 242 g/mol. The van der Waals surface area contributed by atoms with E-state index in [0.29, 0.717) is 21.5 Å². The largest absolute Gasteiger partial charge is 0.496 e. The van der Waals surface area contributed by atoms with Crippen molar-refractivity contribution in [2.75, 3.05) is 13.7 Å². The van der Waals surface area contributed by atoms with Crippen LogP contribution in [0.1, 0.15) is 0 Å². The van der Waals surface area contributed by atoms with E-state index in [4.69, 9.17) is 21.4 Å². The maximum absolute atomic E-state index is 12.1. The fourth-order valence-electron chi connectivity index (χ4n) is 1.79. The van der Waals surface area contributed by atoms with Crippen molar-refractivity contribution in [2.45, 2.75) is 6.54 Å². The van der Waals surface area contributed by atoms with Gasteiger partial charge in [0.1, 0.15) is 5.75 Å². The maximum atomic E-state index is 12.1. The fourth-order valence-corrected chi connectivity index (χ4v) is 2.04. The Labute approximate surface area is 103 Å². The second kappa shape index (κ2) is 4.77. The number of hydrogen-bond donors (Lipinski definition) is 1. The lowest BCUT2D eigenvalue weighted by Crippen LogP contribution is -2.21. The van der Waals surface area contributed by atoms with Gasteiger partial charge in [-0.15, -0.1) is 0 Å². The Kier molecular flexibility index (Phi) is 3.36. The predicted molar refractivity (Wildman–Crippen MR) is 66.9 cm³/mol. The van der Waals surface area contributed by atoms with Crippen LogP contribution in [-0.4, -0.2) is 23.4 Å². The van der Waals surface area contributed by atoms with Crippen molar-refractivity contribution in [1.29, 1.82) is 0 Å². The molecule has 0 aliphatic carbocycles. The molecule has 0 aliphatic heterocycles. The highest BCUT2D eigenvalue weighted by molar-refractivity contribution is 6.35. The molecule has 1 N–H and O–H groups in total. The summed E-state index contributed by atoms with van der Waals surface area (Å²) in [5.41, 5.74) is -0.222. The summed E-state index contributed by atoms with van der Waals surface area (Å²) in [6.07, 6.45) is 1.62. The maximum Gasteiger partial charge on any atom is 0.260 e. The molecule has 17 heavy (non-hydrogen) atoms. The molecule has 0 saturated heterocycles. The van der Waals surface area contributed by atoms with Crippen LogP contribution in [-0.2, 0) is 6.54 Å². The average molecular weight is 254 g/mol. The summed E-state index contributed by atoms with van der Waals surface area (Å²) in [7, 11) is 1.54. The standard InChI is InChI=1S/C12H12ClNO3/c1-17-10-3-2-9(13)11-8(10)4-5-14(6-7-15)12(11)16/h2-5,15H,6-7H2,1H3. The normalized spacial score (nSPS) is 10.8. The van der Waals surface area contributed by atoms with Crippen LogP contribution in [0.2, 0.25) is 5.02 Å². The lowest BCUT2D eigenvalue weighted by molar-refractivity contribution is 0.274. The highest BCUT2D eigenvalue weighted by Gasteiger charge is 2.10. The molecule has 0 unspecified atom stereocenters. The number of ether oxygens (including phenoxy) is 1. The van der Waals surface area contributed by atoms with E-state index in [9.17, 15) is 4.79 Å². The molecule has 0 atom stereocenters. The number of aromatic nitrogens is 1. The first-order valence-electron chi connectivity index (χ1n) is 5.15. The molecule has 1 heterocycles. The zero-order valence-electron chi connectivity index (χ0n) is 9.31. The number of aliphatic hydroxyl groups is 1. The van der Waals surface area contributed by atoms with Crippen molar-refractivity contribution in [1.82, 2.24) is 4.57 Å². The third kappa shape index (κ3) is 2.01. The molecule has 4 nitrogen and oxygen atoms in total. The number of methoxy groups -OCH3 is 1. The van der Waals surface area contributed by atoms with Crippen LogP contribution < -0.4 is 10.3 Å². The molecule has 1 aromatic heterocycles. The Balaban J connectivity index is 2.81. The lowest BCUT2D eigenvalue weighted by Gasteiger charge is -2.09. The van der Waals surface area contributed by atoms with Crippen LogP contribution in [0, 0.1) is 0 Å². The monoisotopic (exact) mass is 253 g/mol. The summed E-state index contributed by atoms with van der Waals surface area (Å²) in [4.78, 5) is 12.1. The van der Waals surface area contributed by atoms with E-state index in [-0.39, 0.29) is 18.7 Å². The summed E-state index contributed by atoms with van der Waals surface area (Å²) in [5.74, 6) is 0.609. The van der Waals surface area contributed by atoms with E-state index >= 15 is 0 Å². The molecule has 0 spiro atoms. The third-order valence-corrected chi connectivity index (χ3v) is 2.93. The summed E-state index contributed by atoms with van der Waals surface area (Å²) in [6.45, 7) is 0.162. The van der Waals surface area contributed by atoms with E-state index in [0.717, 1.165) is 0 Å². The van der Waals surface area contributed by atoms with Gasteiger partial charge in [-0.2, -0.15) is 0 Å². The van der Waals surface area contributed by atoms with E-state index in [2.05, 4.69) is 0 Å². The van der Waals surface area contributed by atoms with Gasteiger partial charge in [0, 0.05) is 18.1 Å². The molecule has 5 heteroatoms. The second-order valence-corrected chi connectivity index (χ2v) is 3.98. The van der Waals surface area contributed by atoms with Crippen molar-refractivity contribution < 1.29 is 9.84 Å². The van der Waals surface area contributed by atoms with Gasteiger partial charge in [0.2, 0.25) is 0 Å². The minimum absolute atomic E-state index is 0.0903. The topological polar surface area (TPSA) is 51.5 Å². The molecular formula is C12H12ClNO3. The second-order valence-electron chi connectivity index (χ2n) is 3.58. The number of nitrogens with zero attached hydrogens (tertiary/aromatic N) is 1. The number of fused-ring (bicyclic) bond motifs is 1. The molecule has 2 aromatic rings. The Morgan fingerprint density at radius 1 is 1.41 bits per heavy atom. The highest BCUT2D eigenvalue weighted by Crippen LogP contribution is 2.28. The molecule has 0 radical (unpaired) electrons. The van der Waals surface area contributed by atoms with Crippen LogP contribution in [0.25, 0.3) is 10.8 Å². The van der Waals surface area contributed by atoms with Crippen molar-refractivity contribution in [3.05, 3.63) is 39.8 Å². The molecule has 0 saturated carbocycles. The Hall–Kier alpha value is -1.52. The van der Waals surface area contributed by atoms with Gasteiger partial charge in [-0.05, 0) is 18.2 Å². The summed E-state index contributed by atoms with van der Waals surface area (Å²) in [6, 6.07) is 5.12. The summed E-state index contributed by atoms with van der Waals surface area (Å²) in [5, 5.41) is 10.4. The first-order chi connectivity index (χ1) is 8.19. The van der Waals surface area contributed by atoms with Gasteiger partial charge in [0.05, 0.1) is 24.1 Å². The van der Waals surface area contributed by atoms with Crippen LogP contribution in [0.4, 0.5) is 0 Å². The number of pyridine rings is 1. The first-order valence-corrected chi connectivity index (χ1v) is 5.53. The lowest BCUT2D eigenvalue weighted by atomic mass is 10.1. The van der Waals surface area contributed by atoms with E-state index in [1.54, 1.807) is 31.5 Å². The van der Waals surface area contributed by atoms with E-state index < -0.39 is 0 Å². The minimum Gasteiger partial charge on any atom is -0.496 e. The number of hydrogen-bond acceptors (Lipinski definition) is 3. The number of aliphatic hydroxyl groups excluding tert-OH is 1. The zero-order chi connectivity index (χ0) is 12.4. The van der Waals surface area contributed by atoms with Gasteiger partial charge in [-0.1, -0.05) is 11.6 Å². The van der Waals surface area contributed by atoms with Crippen LogP contribution in [0.15, 0.2) is 29.2 Å². The zero-order valence-corrected chi connectivity index (χ0v) is 10.1. The van der Waals surface area contributed by atoms with Crippen molar-refractivity contribution in [2.24, 2.45) is 0 Å². The van der Waals surface area contributed by atoms with Gasteiger partial charge in [-0.3, -0.25) is 4.79 Å². The van der Waals surface area contributed by atoms with Crippen LogP contribution >= 0.6 is 11.6 Å². The number of rotatable bonds is 3. The summed E-state index contributed by atoms with van der Waals surface area (Å²) < 4.78 is 6.61. The van der Waals surface area contributed by atoms with Gasteiger partial charge < -0.3 is 14.4 Å². The van der Waals surface area contributed by atoms with Gasteiger partial charge in [0.15, 0.2) is 0 Å². The fraction of sp³-hybridized carbons (Fsp3) is 0.250. The van der Waals surface area contributed by atoms with Crippen LogP contribution in [0.5, 0.6) is 5.75 Å². The third-order valence-electron chi connectivity index (χ3n) is 2.61. The van der Waals surface area contributed by atoms with E-state index in [1.807, 2.05) is 0 Å². The van der Waals surface area contributed by atoms with Gasteiger partial charge >= 0.3 is 0 Å². The number of benzene rings is 1. The smallest absolute Gasteiger partial charge is 0.260 e. The van der Waals surface area contributed by atoms with Crippen LogP contribution in [0.3, 0.4) is 0 Å². The summed E-state index contributed by atoms with van der Waals surface area (Å²) >= 11 is 6.03. The molecule has 0 fully saturated rings. The SMILES string of the molecule is COc1ccc(Cl)c2c(=O)n(CCO)ccc12. The molecule has 90 valence electrons. The molecule has 2 rings (SSSR count). The molecule has 0 amide bonds. The quantitative estimate of drug-likeness (QED) is 0.905. The minimum atomic E-state index is -0.222. The van der Waals surface area contributed by atoms with Gasteiger partial charge in [0.25, 0.3) is 5.56 Å². The molecule has 0 aliphatic rings.